The predicted octanol–water partition coefficient (Wildman–Crippen LogP) is 7.85. The molecule has 10 saturated heterocycles. The average Bonchev–Trinajstić information content (AvgIpc) is 3.62. The quantitative estimate of drug-likeness (QED) is 0.223. The lowest BCUT2D eigenvalue weighted by Gasteiger charge is -2.61. The number of hydrogen-bond donors (Lipinski definition) is 0. The van der Waals surface area contributed by atoms with Crippen molar-refractivity contribution in [1.29, 1.82) is 0 Å². The van der Waals surface area contributed by atoms with Gasteiger partial charge in [0.05, 0.1) is 42.2 Å². The molecule has 12 fully saturated rings. The first-order valence-electron chi connectivity index (χ1n) is 23.8. The topological polar surface area (TPSA) is 136 Å². The minimum Gasteiger partial charge on any atom is -0.346 e. The Morgan fingerprint density at radius 1 is 0.623 bits per heavy atom. The number of rotatable bonds is 9. The molecule has 1 aromatic carbocycles. The summed E-state index contributed by atoms with van der Waals surface area (Å²) in [5, 5.41) is 0. The first-order chi connectivity index (χ1) is 29.2. The van der Waals surface area contributed by atoms with Gasteiger partial charge >= 0.3 is 0 Å². The lowest BCUT2D eigenvalue weighted by atomic mass is 9.57. The smallest absolute Gasteiger partial charge is 0.283 e. The Balaban J connectivity index is 0.858. The molecule has 2 aliphatic carbocycles. The van der Waals surface area contributed by atoms with E-state index >= 15 is 0 Å². The molecule has 1 aromatic rings. The van der Waals surface area contributed by atoms with Gasteiger partial charge in [0.25, 0.3) is 5.97 Å². The van der Waals surface area contributed by atoms with E-state index in [9.17, 15) is 8.42 Å². The highest BCUT2D eigenvalue weighted by molar-refractivity contribution is 7.91. The summed E-state index contributed by atoms with van der Waals surface area (Å²) in [6.45, 7) is 14.1. The molecule has 13 nitrogen and oxygen atoms in total. The van der Waals surface area contributed by atoms with Gasteiger partial charge in [-0.3, -0.25) is 0 Å². The van der Waals surface area contributed by atoms with Crippen LogP contribution in [0.1, 0.15) is 119 Å². The van der Waals surface area contributed by atoms with Crippen molar-refractivity contribution >= 4 is 9.84 Å². The van der Waals surface area contributed by atoms with Crippen LogP contribution < -0.4 is 0 Å². The van der Waals surface area contributed by atoms with Gasteiger partial charge in [0.15, 0.2) is 33.6 Å². The maximum atomic E-state index is 13.3. The summed E-state index contributed by atoms with van der Waals surface area (Å²) in [4.78, 5) is 25.5. The zero-order valence-corrected chi connectivity index (χ0v) is 37.7. The van der Waals surface area contributed by atoms with Crippen LogP contribution in [-0.2, 0) is 62.5 Å². The van der Waals surface area contributed by atoms with Crippen molar-refractivity contribution in [2.75, 3.05) is 19.0 Å². The van der Waals surface area contributed by atoms with Gasteiger partial charge in [-0.25, -0.2) is 28.0 Å². The van der Waals surface area contributed by atoms with Crippen molar-refractivity contribution in [2.24, 2.45) is 59.2 Å². The Kier molecular flexibility index (Phi) is 10.5. The number of fused-ring (bicyclic) bond motifs is 6. The maximum absolute atomic E-state index is 13.3. The Morgan fingerprint density at radius 3 is 1.64 bits per heavy atom. The lowest BCUT2D eigenvalue weighted by molar-refractivity contribution is -0.571. The van der Waals surface area contributed by atoms with E-state index in [-0.39, 0.29) is 59.6 Å². The van der Waals surface area contributed by atoms with Crippen molar-refractivity contribution in [3.05, 3.63) is 30.3 Å². The van der Waals surface area contributed by atoms with Gasteiger partial charge in [-0.1, -0.05) is 45.9 Å². The summed E-state index contributed by atoms with van der Waals surface area (Å²) in [5.74, 6) is -0.732. The van der Waals surface area contributed by atoms with Crippen LogP contribution in [0.2, 0.25) is 0 Å². The van der Waals surface area contributed by atoms with E-state index in [0.717, 1.165) is 51.4 Å². The lowest BCUT2D eigenvalue weighted by Crippen LogP contribution is -2.71. The largest absolute Gasteiger partial charge is 0.346 e. The summed E-state index contributed by atoms with van der Waals surface area (Å²) in [5.41, 5.74) is -1.26. The first kappa shape index (κ1) is 42.4. The van der Waals surface area contributed by atoms with Crippen LogP contribution in [0.15, 0.2) is 35.2 Å². The molecule has 0 N–H and O–H groups in total. The molecule has 2 unspecified atom stereocenters. The third-order valence-corrected chi connectivity index (χ3v) is 19.8. The van der Waals surface area contributed by atoms with Crippen LogP contribution in [-0.4, -0.2) is 87.0 Å². The molecule has 18 atom stereocenters. The average molecular weight is 873 g/mol. The standard InChI is InChI=1S/C47H68O13S/c1-27-13-15-36-29(3)38(52-41-46(36)34(27)17-20-43(5,55-41)57-59-46)23-31-25-50-45(19-10-22-61(48,49)33-11-8-7-9-12-33)51-26-32(40(31)54-45)24-39-30(4)37-16-14-28(2)35-18-21-44(6)56-42(53-39)47(35,37)60-58-44/h7-9,11-12,27-32,34-42H,10,13-26H2,1-6H3/t27-,28-,29-,30-,31?,32?,34+,35+,36+,37+,38-,39-,40?,41-,42-,43-,44-,45?,46-,47-/m1/s1. The van der Waals surface area contributed by atoms with Crippen LogP contribution in [0.25, 0.3) is 0 Å². The Morgan fingerprint density at radius 2 is 1.13 bits per heavy atom. The van der Waals surface area contributed by atoms with Gasteiger partial charge in [0.1, 0.15) is 0 Å². The van der Waals surface area contributed by atoms with Crippen LogP contribution in [0, 0.1) is 59.2 Å². The molecule has 0 amide bonds. The van der Waals surface area contributed by atoms with Crippen molar-refractivity contribution in [2.45, 2.75) is 183 Å². The summed E-state index contributed by atoms with van der Waals surface area (Å²) in [7, 11) is -3.49. The van der Waals surface area contributed by atoms with Crippen LogP contribution >= 0.6 is 0 Å². The molecule has 0 aromatic heterocycles. The van der Waals surface area contributed by atoms with Gasteiger partial charge < -0.3 is 33.2 Å². The van der Waals surface area contributed by atoms with Gasteiger partial charge in [-0.2, -0.15) is 0 Å². The normalized spacial score (nSPS) is 53.6. The minimum absolute atomic E-state index is 0.0171. The third-order valence-electron chi connectivity index (χ3n) is 17.9. The second kappa shape index (κ2) is 15.1. The minimum atomic E-state index is -3.49. The molecular formula is C47H68O13S. The summed E-state index contributed by atoms with van der Waals surface area (Å²) < 4.78 is 74.7. The summed E-state index contributed by atoms with van der Waals surface area (Å²) in [6.07, 6.45) is 8.39. The molecule has 14 heteroatoms. The maximum Gasteiger partial charge on any atom is 0.283 e. The molecule has 61 heavy (non-hydrogen) atoms. The molecule has 340 valence electrons. The Hall–Kier alpha value is -1.27. The van der Waals surface area contributed by atoms with Gasteiger partial charge in [0, 0.05) is 42.9 Å². The zero-order valence-electron chi connectivity index (χ0n) is 36.9. The summed E-state index contributed by atoms with van der Waals surface area (Å²) in [6, 6.07) is 8.62. The highest BCUT2D eigenvalue weighted by Crippen LogP contribution is 2.63. The molecule has 2 saturated carbocycles. The van der Waals surface area contributed by atoms with Gasteiger partial charge in [-0.05, 0) is 119 Å². The summed E-state index contributed by atoms with van der Waals surface area (Å²) >= 11 is 0. The van der Waals surface area contributed by atoms with Crippen molar-refractivity contribution in [1.82, 2.24) is 0 Å². The highest BCUT2D eigenvalue weighted by atomic mass is 32.2. The Labute approximate surface area is 361 Å². The number of ether oxygens (including phenoxy) is 7. The van der Waals surface area contributed by atoms with Gasteiger partial charge in [0.2, 0.25) is 11.6 Å². The van der Waals surface area contributed by atoms with Crippen LogP contribution in [0.5, 0.6) is 0 Å². The van der Waals surface area contributed by atoms with Gasteiger partial charge in [-0.15, -0.1) is 0 Å². The molecule has 13 rings (SSSR count). The highest BCUT2D eigenvalue weighted by Gasteiger charge is 2.71. The fourth-order valence-electron chi connectivity index (χ4n) is 14.5. The number of sulfone groups is 1. The van der Waals surface area contributed by atoms with E-state index < -0.39 is 51.2 Å². The van der Waals surface area contributed by atoms with E-state index in [1.165, 1.54) is 0 Å². The molecule has 10 aliphatic heterocycles. The fourth-order valence-corrected chi connectivity index (χ4v) is 15.8. The molecule has 6 bridgehead atoms. The van der Waals surface area contributed by atoms with E-state index in [1.807, 2.05) is 19.9 Å². The van der Waals surface area contributed by atoms with E-state index in [0.29, 0.717) is 67.5 Å². The van der Waals surface area contributed by atoms with E-state index in [2.05, 4.69) is 27.7 Å². The molecule has 2 spiro atoms. The molecular weight excluding hydrogens is 805 g/mol. The fraction of sp³-hybridized carbons (Fsp3) is 0.872. The molecule has 10 heterocycles. The first-order valence-corrected chi connectivity index (χ1v) is 25.5. The zero-order chi connectivity index (χ0) is 42.2. The number of hydrogen-bond acceptors (Lipinski definition) is 13. The SMILES string of the molecule is C[C@H]1[C@@H](CC2COC3(CCCS(=O)(=O)c4ccccc4)OCC(C[C@H]4O[C@@H]5O[C@@]6(C)CC[C@H]7[C@H](C)CC[C@@H]([C@H]4C)[C@@]57OO6)C2O3)O[C@@H]2O[C@@]3(C)CC[C@H]4[C@H](C)CC[C@@H]1[C@@]24OO3. The second-order valence-electron chi connectivity index (χ2n) is 21.5. The third kappa shape index (κ3) is 6.72. The van der Waals surface area contributed by atoms with Crippen molar-refractivity contribution < 1.29 is 61.1 Å². The van der Waals surface area contributed by atoms with Crippen LogP contribution in [0.3, 0.4) is 0 Å². The van der Waals surface area contributed by atoms with Crippen molar-refractivity contribution in [3.8, 4) is 0 Å². The molecule has 0 radical (unpaired) electrons. The predicted molar refractivity (Wildman–Crippen MR) is 217 cm³/mol. The number of benzene rings is 1. The van der Waals surface area contributed by atoms with Crippen molar-refractivity contribution in [3.63, 3.8) is 0 Å². The van der Waals surface area contributed by atoms with Crippen LogP contribution in [0.4, 0.5) is 0 Å². The monoisotopic (exact) mass is 872 g/mol. The second-order valence-corrected chi connectivity index (χ2v) is 23.6. The van der Waals surface area contributed by atoms with E-state index in [1.54, 1.807) is 24.3 Å². The van der Waals surface area contributed by atoms with E-state index in [4.69, 9.17) is 52.7 Å². The Bertz CT molecular complexity index is 1810. The molecule has 12 aliphatic rings.